The van der Waals surface area contributed by atoms with Gasteiger partial charge in [0.2, 0.25) is 5.91 Å². The first-order valence-electron chi connectivity index (χ1n) is 6.38. The number of nitrogens with one attached hydrogen (secondary N) is 1. The van der Waals surface area contributed by atoms with Crippen LogP contribution in [0.3, 0.4) is 0 Å². The first-order valence-corrected chi connectivity index (χ1v) is 7.60. The topological polar surface area (TPSA) is 29.1 Å². The summed E-state index contributed by atoms with van der Waals surface area (Å²) in [6.07, 6.45) is 6.22. The number of benzene rings is 2. The summed E-state index contributed by atoms with van der Waals surface area (Å²) in [6, 6.07) is 16.1. The summed E-state index contributed by atoms with van der Waals surface area (Å²) in [6.45, 7) is 1.52. The van der Waals surface area contributed by atoms with Gasteiger partial charge in [0.05, 0.1) is 0 Å². The molecule has 1 amide bonds. The van der Waals surface area contributed by atoms with Crippen LogP contribution in [0.25, 0.3) is 12.2 Å². The van der Waals surface area contributed by atoms with E-state index in [1.807, 2.05) is 42.7 Å². The summed E-state index contributed by atoms with van der Waals surface area (Å²) in [5.41, 5.74) is 3.15. The Morgan fingerprint density at radius 3 is 2.50 bits per heavy atom. The first kappa shape index (κ1) is 14.4. The van der Waals surface area contributed by atoms with E-state index in [0.717, 1.165) is 16.1 Å². The molecule has 0 fully saturated rings. The SMILES string of the molecule is CSc1cc(NC(C)=O)ccc1C=Cc1ccccc1. The van der Waals surface area contributed by atoms with E-state index in [1.54, 1.807) is 11.8 Å². The highest BCUT2D eigenvalue weighted by Gasteiger charge is 2.02. The van der Waals surface area contributed by atoms with Crippen molar-refractivity contribution in [3.63, 3.8) is 0 Å². The summed E-state index contributed by atoms with van der Waals surface area (Å²) in [7, 11) is 0. The van der Waals surface area contributed by atoms with Crippen molar-refractivity contribution in [3.05, 3.63) is 59.7 Å². The maximum atomic E-state index is 11.1. The average molecular weight is 283 g/mol. The van der Waals surface area contributed by atoms with Crippen LogP contribution in [-0.2, 0) is 4.79 Å². The van der Waals surface area contributed by atoms with Gasteiger partial charge in [-0.15, -0.1) is 11.8 Å². The molecule has 0 saturated carbocycles. The molecule has 0 atom stereocenters. The molecule has 0 aliphatic carbocycles. The highest BCUT2D eigenvalue weighted by atomic mass is 32.2. The van der Waals surface area contributed by atoms with Gasteiger partial charge in [0.1, 0.15) is 0 Å². The van der Waals surface area contributed by atoms with Crippen LogP contribution in [0.4, 0.5) is 5.69 Å². The Labute approximate surface area is 123 Å². The van der Waals surface area contributed by atoms with Gasteiger partial charge in [-0.3, -0.25) is 4.79 Å². The minimum absolute atomic E-state index is 0.0513. The Balaban J connectivity index is 2.23. The number of carbonyl (C=O) groups is 1. The minimum Gasteiger partial charge on any atom is -0.326 e. The van der Waals surface area contributed by atoms with Crippen molar-refractivity contribution in [3.8, 4) is 0 Å². The van der Waals surface area contributed by atoms with Crippen LogP contribution in [0.15, 0.2) is 53.4 Å². The fourth-order valence-electron chi connectivity index (χ4n) is 1.88. The third-order valence-electron chi connectivity index (χ3n) is 2.81. The summed E-state index contributed by atoms with van der Waals surface area (Å²) in [4.78, 5) is 12.2. The fraction of sp³-hybridized carbons (Fsp3) is 0.118. The molecule has 2 aromatic rings. The Morgan fingerprint density at radius 1 is 1.10 bits per heavy atom. The number of rotatable bonds is 4. The quantitative estimate of drug-likeness (QED) is 0.659. The van der Waals surface area contributed by atoms with Crippen molar-refractivity contribution in [1.29, 1.82) is 0 Å². The molecule has 1 N–H and O–H groups in total. The average Bonchev–Trinajstić information content (AvgIpc) is 2.46. The number of hydrogen-bond acceptors (Lipinski definition) is 2. The van der Waals surface area contributed by atoms with E-state index in [2.05, 4.69) is 29.6 Å². The summed E-state index contributed by atoms with van der Waals surface area (Å²) in [5, 5.41) is 2.80. The van der Waals surface area contributed by atoms with E-state index in [4.69, 9.17) is 0 Å². The summed E-state index contributed by atoms with van der Waals surface area (Å²) < 4.78 is 0. The highest BCUT2D eigenvalue weighted by molar-refractivity contribution is 7.98. The van der Waals surface area contributed by atoms with Gasteiger partial charge in [-0.05, 0) is 29.5 Å². The van der Waals surface area contributed by atoms with Crippen LogP contribution in [0, 0.1) is 0 Å². The van der Waals surface area contributed by atoms with Crippen LogP contribution in [0.2, 0.25) is 0 Å². The van der Waals surface area contributed by atoms with Gasteiger partial charge in [-0.1, -0.05) is 48.6 Å². The Morgan fingerprint density at radius 2 is 1.85 bits per heavy atom. The highest BCUT2D eigenvalue weighted by Crippen LogP contribution is 2.26. The monoisotopic (exact) mass is 283 g/mol. The molecule has 0 aromatic heterocycles. The first-order chi connectivity index (χ1) is 9.69. The molecule has 0 aliphatic rings. The number of hydrogen-bond donors (Lipinski definition) is 1. The minimum atomic E-state index is -0.0513. The zero-order valence-electron chi connectivity index (χ0n) is 11.6. The largest absolute Gasteiger partial charge is 0.326 e. The van der Waals surface area contributed by atoms with Crippen LogP contribution in [-0.4, -0.2) is 12.2 Å². The van der Waals surface area contributed by atoms with Crippen LogP contribution >= 0.6 is 11.8 Å². The number of carbonyl (C=O) groups excluding carboxylic acids is 1. The van der Waals surface area contributed by atoms with Crippen molar-refractivity contribution in [2.75, 3.05) is 11.6 Å². The van der Waals surface area contributed by atoms with Gasteiger partial charge in [-0.25, -0.2) is 0 Å². The molecule has 0 bridgehead atoms. The Bertz CT molecular complexity index is 620. The predicted octanol–water partition coefficient (Wildman–Crippen LogP) is 4.54. The molecule has 20 heavy (non-hydrogen) atoms. The summed E-state index contributed by atoms with van der Waals surface area (Å²) >= 11 is 1.67. The van der Waals surface area contributed by atoms with Crippen molar-refractivity contribution in [2.45, 2.75) is 11.8 Å². The zero-order valence-corrected chi connectivity index (χ0v) is 12.4. The maximum Gasteiger partial charge on any atom is 0.221 e. The van der Waals surface area contributed by atoms with E-state index in [1.165, 1.54) is 12.5 Å². The van der Waals surface area contributed by atoms with Crippen LogP contribution in [0.5, 0.6) is 0 Å². The molecule has 0 heterocycles. The molecule has 0 spiro atoms. The predicted molar refractivity (Wildman–Crippen MR) is 87.9 cm³/mol. The molecule has 102 valence electrons. The molecule has 2 aromatic carbocycles. The van der Waals surface area contributed by atoms with Gasteiger partial charge >= 0.3 is 0 Å². The standard InChI is InChI=1S/C17H17NOS/c1-13(19)18-16-11-10-15(17(12-16)20-2)9-8-14-6-4-3-5-7-14/h3-12H,1-2H3,(H,18,19). The lowest BCUT2D eigenvalue weighted by molar-refractivity contribution is -0.114. The van der Waals surface area contributed by atoms with Crippen molar-refractivity contribution < 1.29 is 4.79 Å². The van der Waals surface area contributed by atoms with E-state index >= 15 is 0 Å². The Kier molecular flexibility index (Phi) is 5.02. The molecule has 0 saturated heterocycles. The second-order valence-corrected chi connectivity index (χ2v) is 5.23. The second-order valence-electron chi connectivity index (χ2n) is 4.38. The van der Waals surface area contributed by atoms with Crippen molar-refractivity contribution in [1.82, 2.24) is 0 Å². The lowest BCUT2D eigenvalue weighted by Gasteiger charge is -2.07. The third kappa shape index (κ3) is 4.00. The lowest BCUT2D eigenvalue weighted by atomic mass is 10.1. The number of anilines is 1. The van der Waals surface area contributed by atoms with Gasteiger partial charge in [-0.2, -0.15) is 0 Å². The molecular formula is C17H17NOS. The van der Waals surface area contributed by atoms with E-state index in [9.17, 15) is 4.79 Å². The molecular weight excluding hydrogens is 266 g/mol. The lowest BCUT2D eigenvalue weighted by Crippen LogP contribution is -2.05. The normalized spacial score (nSPS) is 10.7. The van der Waals surface area contributed by atoms with Gasteiger partial charge in [0.15, 0.2) is 0 Å². The molecule has 0 unspecified atom stereocenters. The third-order valence-corrected chi connectivity index (χ3v) is 3.60. The molecule has 3 heteroatoms. The number of thioether (sulfide) groups is 1. The number of amides is 1. The van der Waals surface area contributed by atoms with Crippen LogP contribution in [0.1, 0.15) is 18.1 Å². The van der Waals surface area contributed by atoms with Gasteiger partial charge in [0, 0.05) is 17.5 Å². The molecule has 2 rings (SSSR count). The molecule has 2 nitrogen and oxygen atoms in total. The smallest absolute Gasteiger partial charge is 0.221 e. The van der Waals surface area contributed by atoms with E-state index < -0.39 is 0 Å². The molecule has 0 aliphatic heterocycles. The van der Waals surface area contributed by atoms with Crippen molar-refractivity contribution >= 4 is 35.5 Å². The second kappa shape index (κ2) is 6.96. The fourth-order valence-corrected chi connectivity index (χ4v) is 2.50. The van der Waals surface area contributed by atoms with Gasteiger partial charge in [0.25, 0.3) is 0 Å². The van der Waals surface area contributed by atoms with E-state index in [-0.39, 0.29) is 5.91 Å². The molecule has 0 radical (unpaired) electrons. The zero-order chi connectivity index (χ0) is 14.4. The summed E-state index contributed by atoms with van der Waals surface area (Å²) in [5.74, 6) is -0.0513. The maximum absolute atomic E-state index is 11.1. The van der Waals surface area contributed by atoms with Gasteiger partial charge < -0.3 is 5.32 Å². The Hall–Kier alpha value is -2.00. The van der Waals surface area contributed by atoms with E-state index in [0.29, 0.717) is 0 Å². The van der Waals surface area contributed by atoms with Crippen LogP contribution < -0.4 is 5.32 Å². The van der Waals surface area contributed by atoms with Crippen molar-refractivity contribution in [2.24, 2.45) is 0 Å².